The average Bonchev–Trinajstić information content (AvgIpc) is 2.66. The quantitative estimate of drug-likeness (QED) is 0.580. The summed E-state index contributed by atoms with van der Waals surface area (Å²) in [6, 6.07) is 8.10. The van der Waals surface area contributed by atoms with Crippen LogP contribution in [0.4, 0.5) is 0 Å². The predicted molar refractivity (Wildman–Crippen MR) is 103 cm³/mol. The van der Waals surface area contributed by atoms with Crippen LogP contribution in [0, 0.1) is 0 Å². The van der Waals surface area contributed by atoms with E-state index >= 15 is 0 Å². The van der Waals surface area contributed by atoms with Gasteiger partial charge in [-0.25, -0.2) is 19.2 Å². The summed E-state index contributed by atoms with van der Waals surface area (Å²) < 4.78 is 10.8. The Morgan fingerprint density at radius 3 is 1.36 bits per heavy atom. The number of aromatic carboxylic acids is 2. The molecule has 0 radical (unpaired) electrons. The van der Waals surface area contributed by atoms with E-state index in [-0.39, 0.29) is 24.3 Å². The lowest BCUT2D eigenvalue weighted by Gasteiger charge is -2.13. The smallest absolute Gasteiger partial charge is 0.339 e. The zero-order valence-electron chi connectivity index (χ0n) is 14.0. The van der Waals surface area contributed by atoms with E-state index in [1.165, 1.54) is 36.4 Å². The monoisotopic (exact) mass is 514 g/mol. The van der Waals surface area contributed by atoms with Crippen molar-refractivity contribution in [1.29, 1.82) is 0 Å². The Morgan fingerprint density at radius 2 is 1.07 bits per heavy atom. The molecule has 8 nitrogen and oxygen atoms in total. The minimum Gasteiger partial charge on any atom is -0.478 e. The number of ether oxygens (including phenoxy) is 2. The van der Waals surface area contributed by atoms with Crippen LogP contribution in [-0.4, -0.2) is 47.3 Å². The number of carbonyl (C=O) groups excluding carboxylic acids is 2. The Bertz CT molecular complexity index is 861. The fourth-order valence-electron chi connectivity index (χ4n) is 2.04. The first-order valence-corrected chi connectivity index (χ1v) is 9.19. The number of carboxylic acids is 2. The second-order valence-electron chi connectivity index (χ2n) is 5.27. The van der Waals surface area contributed by atoms with E-state index in [0.717, 1.165) is 0 Å². The molecule has 0 aliphatic carbocycles. The highest BCUT2D eigenvalue weighted by atomic mass is 79.9. The molecule has 0 amide bonds. The number of carboxylic acid groups (broad SMARTS) is 2. The van der Waals surface area contributed by atoms with Crippen molar-refractivity contribution in [3.8, 4) is 0 Å². The van der Waals surface area contributed by atoms with Crippen molar-refractivity contribution in [2.45, 2.75) is 0 Å². The van der Waals surface area contributed by atoms with E-state index in [1.54, 1.807) is 0 Å². The lowest BCUT2D eigenvalue weighted by molar-refractivity contribution is 0.0258. The molecule has 2 N–H and O–H groups in total. The Kier molecular flexibility index (Phi) is 7.30. The van der Waals surface area contributed by atoms with Crippen LogP contribution >= 0.6 is 31.9 Å². The van der Waals surface area contributed by atoms with Gasteiger partial charge in [0.25, 0.3) is 0 Å². The summed E-state index contributed by atoms with van der Waals surface area (Å²) in [5.74, 6) is -3.02. The van der Waals surface area contributed by atoms with Crippen molar-refractivity contribution in [2.75, 3.05) is 13.2 Å². The van der Waals surface area contributed by atoms with E-state index < -0.39 is 23.9 Å². The lowest BCUT2D eigenvalue weighted by atomic mass is 10.1. The van der Waals surface area contributed by atoms with Gasteiger partial charge < -0.3 is 19.7 Å². The first kappa shape index (κ1) is 21.6. The first-order valence-electron chi connectivity index (χ1n) is 7.60. The molecule has 2 bridgehead atoms. The van der Waals surface area contributed by atoms with E-state index in [9.17, 15) is 19.2 Å². The third-order valence-electron chi connectivity index (χ3n) is 3.42. The van der Waals surface area contributed by atoms with E-state index in [4.69, 9.17) is 19.7 Å². The maximum absolute atomic E-state index is 11.6. The van der Waals surface area contributed by atoms with Crippen LogP contribution in [0.2, 0.25) is 0 Å². The molecule has 0 unspecified atom stereocenters. The molecule has 10 heteroatoms. The van der Waals surface area contributed by atoms with E-state index in [2.05, 4.69) is 31.9 Å². The van der Waals surface area contributed by atoms with Crippen LogP contribution in [0.15, 0.2) is 45.3 Å². The van der Waals surface area contributed by atoms with Gasteiger partial charge in [-0.15, -0.1) is 0 Å². The lowest BCUT2D eigenvalue weighted by Crippen LogP contribution is -2.17. The number of fused-ring (bicyclic) bond motifs is 7. The molecule has 2 aliphatic rings. The molecule has 0 fully saturated rings. The molecular formula is C18H12Br2O8. The van der Waals surface area contributed by atoms with E-state index in [1.807, 2.05) is 0 Å². The van der Waals surface area contributed by atoms with Crippen molar-refractivity contribution in [1.82, 2.24) is 0 Å². The zero-order chi connectivity index (χ0) is 20.8. The van der Waals surface area contributed by atoms with Gasteiger partial charge in [0, 0.05) is 8.95 Å². The third kappa shape index (κ3) is 5.40. The number of rotatable bonds is 2. The fraction of sp³-hybridized carbons (Fsp3) is 0.111. The molecule has 0 saturated carbocycles. The first-order chi connectivity index (χ1) is 13.2. The van der Waals surface area contributed by atoms with Gasteiger partial charge in [0.05, 0.1) is 22.3 Å². The van der Waals surface area contributed by atoms with Crippen molar-refractivity contribution in [3.05, 3.63) is 67.6 Å². The van der Waals surface area contributed by atoms with Gasteiger partial charge in [-0.05, 0) is 68.3 Å². The van der Waals surface area contributed by atoms with E-state index in [0.29, 0.717) is 20.1 Å². The largest absolute Gasteiger partial charge is 0.478 e. The number of benzene rings is 2. The van der Waals surface area contributed by atoms with Crippen molar-refractivity contribution in [3.63, 3.8) is 0 Å². The number of halogens is 2. The van der Waals surface area contributed by atoms with Gasteiger partial charge in [0.1, 0.15) is 13.2 Å². The Labute approximate surface area is 175 Å². The predicted octanol–water partition coefficient (Wildman–Crippen LogP) is 3.62. The van der Waals surface area contributed by atoms with Crippen molar-refractivity contribution in [2.24, 2.45) is 0 Å². The van der Waals surface area contributed by atoms with Crippen molar-refractivity contribution < 1.29 is 38.9 Å². The molecule has 0 saturated heterocycles. The Morgan fingerprint density at radius 1 is 0.750 bits per heavy atom. The van der Waals surface area contributed by atoms with Crippen LogP contribution in [0.25, 0.3) is 0 Å². The number of hydrogen-bond acceptors (Lipinski definition) is 6. The SMILES string of the molecule is O=C(O)c1ccc(C(=O)O)cc1.O=C1OCCOC(=O)c2cc(Br)c1cc2Br. The van der Waals surface area contributed by atoms with Gasteiger partial charge in [-0.2, -0.15) is 0 Å². The van der Waals surface area contributed by atoms with Crippen LogP contribution < -0.4 is 0 Å². The average molecular weight is 516 g/mol. The molecule has 2 aliphatic heterocycles. The number of esters is 2. The third-order valence-corrected chi connectivity index (χ3v) is 4.74. The highest BCUT2D eigenvalue weighted by Crippen LogP contribution is 2.28. The molecule has 4 rings (SSSR count). The fourth-order valence-corrected chi connectivity index (χ4v) is 3.05. The van der Waals surface area contributed by atoms with Gasteiger partial charge in [-0.3, -0.25) is 0 Å². The Hall–Kier alpha value is -2.72. The van der Waals surface area contributed by atoms with Gasteiger partial charge in [-0.1, -0.05) is 0 Å². The van der Waals surface area contributed by atoms with Crippen LogP contribution in [0.1, 0.15) is 41.4 Å². The summed E-state index contributed by atoms with van der Waals surface area (Å²) >= 11 is 6.43. The van der Waals surface area contributed by atoms with Crippen LogP contribution in [0.5, 0.6) is 0 Å². The highest BCUT2D eigenvalue weighted by Gasteiger charge is 2.20. The number of carbonyl (C=O) groups is 4. The molecular weight excluding hydrogens is 504 g/mol. The molecule has 0 atom stereocenters. The second kappa shape index (κ2) is 9.47. The topological polar surface area (TPSA) is 127 Å². The van der Waals surface area contributed by atoms with Crippen LogP contribution in [-0.2, 0) is 9.47 Å². The molecule has 2 heterocycles. The molecule has 146 valence electrons. The van der Waals surface area contributed by atoms with Gasteiger partial charge in [0.2, 0.25) is 0 Å². The van der Waals surface area contributed by atoms with Crippen LogP contribution in [0.3, 0.4) is 0 Å². The molecule has 0 spiro atoms. The second-order valence-corrected chi connectivity index (χ2v) is 6.98. The van der Waals surface area contributed by atoms with Gasteiger partial charge in [0.15, 0.2) is 0 Å². The summed E-state index contributed by atoms with van der Waals surface area (Å²) in [5, 5.41) is 16.9. The van der Waals surface area contributed by atoms with Crippen molar-refractivity contribution >= 4 is 55.7 Å². The summed E-state index contributed by atoms with van der Waals surface area (Å²) in [6.07, 6.45) is 0. The van der Waals surface area contributed by atoms with Gasteiger partial charge >= 0.3 is 23.9 Å². The summed E-state index contributed by atoms with van der Waals surface area (Å²) in [7, 11) is 0. The molecule has 2 aromatic carbocycles. The minimum absolute atomic E-state index is 0.0626. The summed E-state index contributed by atoms with van der Waals surface area (Å²) in [4.78, 5) is 43.8. The normalized spacial score (nSPS) is 12.9. The number of hydrogen-bond donors (Lipinski definition) is 2. The molecule has 28 heavy (non-hydrogen) atoms. The Balaban J connectivity index is 0.000000209. The molecule has 2 aromatic rings. The summed E-state index contributed by atoms with van der Waals surface area (Å²) in [5.41, 5.74) is 0.927. The zero-order valence-corrected chi connectivity index (χ0v) is 17.2. The summed E-state index contributed by atoms with van der Waals surface area (Å²) in [6.45, 7) is 0.125. The molecule has 0 aromatic heterocycles. The maximum atomic E-state index is 11.6. The highest BCUT2D eigenvalue weighted by molar-refractivity contribution is 9.11. The maximum Gasteiger partial charge on any atom is 0.339 e. The standard InChI is InChI=1S/C10H6Br2O4.C8H6O4/c11-7-4-6-8(12)3-5(7)9(13)15-1-2-16-10(6)14;9-7(10)5-1-2-6(4-3-5)8(11)12/h3-4H,1-2H2;1-4H,(H,9,10)(H,11,12). The minimum atomic E-state index is -1.06.